The van der Waals surface area contributed by atoms with E-state index in [1.165, 1.54) is 7.11 Å². The fourth-order valence-electron chi connectivity index (χ4n) is 3.23. The first-order valence-corrected chi connectivity index (χ1v) is 8.36. The molecule has 3 aromatic rings. The predicted molar refractivity (Wildman–Crippen MR) is 101 cm³/mol. The Bertz CT molecular complexity index is 1080. The molecule has 0 atom stereocenters. The van der Waals surface area contributed by atoms with Crippen LogP contribution in [0.1, 0.15) is 23.3 Å². The number of ether oxygens (including phenoxy) is 1. The van der Waals surface area contributed by atoms with Gasteiger partial charge in [0.2, 0.25) is 0 Å². The summed E-state index contributed by atoms with van der Waals surface area (Å²) in [6, 6.07) is 14.9. The van der Waals surface area contributed by atoms with Gasteiger partial charge in [0, 0.05) is 17.3 Å². The molecule has 5 nitrogen and oxygen atoms in total. The molecule has 1 aromatic heterocycles. The number of hydrogen-bond acceptors (Lipinski definition) is 4. The molecule has 4 rings (SSSR count). The molecule has 2 aromatic carbocycles. The van der Waals surface area contributed by atoms with Crippen LogP contribution in [0.2, 0.25) is 0 Å². The Balaban J connectivity index is 1.82. The maximum absolute atomic E-state index is 12.8. The van der Waals surface area contributed by atoms with Crippen molar-refractivity contribution in [1.29, 1.82) is 0 Å². The zero-order chi connectivity index (χ0) is 18.1. The summed E-state index contributed by atoms with van der Waals surface area (Å²) in [7, 11) is 1.30. The molecule has 0 spiro atoms. The van der Waals surface area contributed by atoms with E-state index < -0.39 is 6.09 Å². The van der Waals surface area contributed by atoms with E-state index in [2.05, 4.69) is 16.1 Å². The average molecular weight is 347 g/mol. The van der Waals surface area contributed by atoms with Gasteiger partial charge in [-0.25, -0.2) is 4.79 Å². The zero-order valence-electron chi connectivity index (χ0n) is 14.2. The van der Waals surface area contributed by atoms with Crippen molar-refractivity contribution in [3.05, 3.63) is 75.6 Å². The van der Waals surface area contributed by atoms with Gasteiger partial charge in [0.1, 0.15) is 11.3 Å². The van der Waals surface area contributed by atoms with Crippen LogP contribution in [0, 0.1) is 0 Å². The van der Waals surface area contributed by atoms with Gasteiger partial charge >= 0.3 is 6.09 Å². The highest BCUT2D eigenvalue weighted by molar-refractivity contribution is 5.91. The van der Waals surface area contributed by atoms with Gasteiger partial charge < -0.3 is 9.15 Å². The van der Waals surface area contributed by atoms with Gasteiger partial charge in [0.15, 0.2) is 5.43 Å². The molecule has 0 saturated carbocycles. The summed E-state index contributed by atoms with van der Waals surface area (Å²) in [5.41, 5.74) is 3.74. The monoisotopic (exact) mass is 347 g/mol. The molecule has 1 aliphatic rings. The highest BCUT2D eigenvalue weighted by Crippen LogP contribution is 2.34. The van der Waals surface area contributed by atoms with Gasteiger partial charge in [-0.15, -0.1) is 0 Å². The second kappa shape index (κ2) is 6.52. The molecular formula is C21H17NO4. The Morgan fingerprint density at radius 2 is 1.96 bits per heavy atom. The molecule has 26 heavy (non-hydrogen) atoms. The van der Waals surface area contributed by atoms with Crippen LogP contribution in [0.15, 0.2) is 57.7 Å². The van der Waals surface area contributed by atoms with Crippen LogP contribution in [0.5, 0.6) is 0 Å². The number of hydrogen-bond donors (Lipinski definition) is 1. The van der Waals surface area contributed by atoms with Crippen LogP contribution in [-0.2, 0) is 11.2 Å². The van der Waals surface area contributed by atoms with Gasteiger partial charge in [0.25, 0.3) is 0 Å². The van der Waals surface area contributed by atoms with Crippen LogP contribution < -0.4 is 10.7 Å². The van der Waals surface area contributed by atoms with E-state index in [0.717, 1.165) is 17.6 Å². The van der Waals surface area contributed by atoms with Crippen molar-refractivity contribution >= 4 is 34.4 Å². The van der Waals surface area contributed by atoms with E-state index in [4.69, 9.17) is 4.42 Å². The van der Waals surface area contributed by atoms with Crippen LogP contribution >= 0.6 is 0 Å². The number of amides is 1. The third-order valence-electron chi connectivity index (χ3n) is 4.49. The summed E-state index contributed by atoms with van der Waals surface area (Å²) in [5, 5.41) is 3.10. The van der Waals surface area contributed by atoms with Gasteiger partial charge in [0.05, 0.1) is 12.5 Å². The zero-order valence-corrected chi connectivity index (χ0v) is 14.2. The second-order valence-electron chi connectivity index (χ2n) is 6.15. The summed E-state index contributed by atoms with van der Waals surface area (Å²) < 4.78 is 10.7. The largest absolute Gasteiger partial charge is 0.456 e. The number of benzene rings is 2. The van der Waals surface area contributed by atoms with Crippen LogP contribution in [0.4, 0.5) is 10.5 Å². The Hall–Kier alpha value is -3.34. The van der Waals surface area contributed by atoms with E-state index >= 15 is 0 Å². The molecule has 5 heteroatoms. The van der Waals surface area contributed by atoms with E-state index in [9.17, 15) is 9.59 Å². The van der Waals surface area contributed by atoms with Crippen molar-refractivity contribution in [3.63, 3.8) is 0 Å². The average Bonchev–Trinajstić information content (AvgIpc) is 3.05. The van der Waals surface area contributed by atoms with E-state index in [-0.39, 0.29) is 5.43 Å². The van der Waals surface area contributed by atoms with Crippen LogP contribution in [0.25, 0.3) is 22.6 Å². The van der Waals surface area contributed by atoms with Crippen LogP contribution in [-0.4, -0.2) is 13.2 Å². The van der Waals surface area contributed by atoms with Gasteiger partial charge in [-0.05, 0) is 42.2 Å². The molecule has 1 aliphatic carbocycles. The number of carbonyl (C=O) groups is 1. The summed E-state index contributed by atoms with van der Waals surface area (Å²) >= 11 is 0. The normalized spacial score (nSPS) is 14.4. The molecule has 0 radical (unpaired) electrons. The second-order valence-corrected chi connectivity index (χ2v) is 6.15. The van der Waals surface area contributed by atoms with Crippen molar-refractivity contribution in [2.45, 2.75) is 12.8 Å². The van der Waals surface area contributed by atoms with Gasteiger partial charge in [-0.2, -0.15) is 0 Å². The van der Waals surface area contributed by atoms with Gasteiger partial charge in [-0.1, -0.05) is 30.3 Å². The first kappa shape index (κ1) is 16.1. The molecule has 1 heterocycles. The Labute approximate surface area is 149 Å². The maximum Gasteiger partial charge on any atom is 0.411 e. The standard InChI is InChI=1S/C21H17NO4/c1-25-21(24)22-15-8-10-16-18(12-15)26-20-14(7-9-17(20)19(16)23)11-13-5-3-2-4-6-13/h2-6,8,10-12H,7,9H2,1H3,(H,22,24). The first-order chi connectivity index (χ1) is 12.7. The molecule has 0 saturated heterocycles. The number of fused-ring (bicyclic) bond motifs is 2. The van der Waals surface area contributed by atoms with Crippen LogP contribution in [0.3, 0.4) is 0 Å². The van der Waals surface area contributed by atoms with Crippen molar-refractivity contribution in [2.75, 3.05) is 12.4 Å². The molecule has 0 bridgehead atoms. The molecule has 0 aliphatic heterocycles. The minimum absolute atomic E-state index is 0.0117. The van der Waals surface area contributed by atoms with Gasteiger partial charge in [-0.3, -0.25) is 10.1 Å². The summed E-state index contributed by atoms with van der Waals surface area (Å²) in [6.45, 7) is 0. The lowest BCUT2D eigenvalue weighted by Crippen LogP contribution is -2.12. The number of rotatable bonds is 2. The number of anilines is 1. The minimum atomic E-state index is -0.572. The molecule has 1 N–H and O–H groups in total. The number of allylic oxidation sites excluding steroid dienone is 1. The number of methoxy groups -OCH3 is 1. The van der Waals surface area contributed by atoms with E-state index in [1.54, 1.807) is 18.2 Å². The van der Waals surface area contributed by atoms with Crippen molar-refractivity contribution in [3.8, 4) is 0 Å². The smallest absolute Gasteiger partial charge is 0.411 e. The quantitative estimate of drug-likeness (QED) is 0.743. The molecule has 0 fully saturated rings. The maximum atomic E-state index is 12.8. The van der Waals surface area contributed by atoms with Crippen molar-refractivity contribution < 1.29 is 13.9 Å². The molecule has 0 unspecified atom stereocenters. The topological polar surface area (TPSA) is 68.5 Å². The highest BCUT2D eigenvalue weighted by atomic mass is 16.5. The van der Waals surface area contributed by atoms with E-state index in [1.807, 2.05) is 30.3 Å². The fourth-order valence-corrected chi connectivity index (χ4v) is 3.23. The first-order valence-electron chi connectivity index (χ1n) is 8.36. The Morgan fingerprint density at radius 1 is 1.15 bits per heavy atom. The SMILES string of the molecule is COC(=O)Nc1ccc2c(=O)c3c(oc2c1)C(=Cc1ccccc1)CC3. The highest BCUT2D eigenvalue weighted by Gasteiger charge is 2.24. The summed E-state index contributed by atoms with van der Waals surface area (Å²) in [6.07, 6.45) is 2.93. The van der Waals surface area contributed by atoms with Crippen molar-refractivity contribution in [2.24, 2.45) is 0 Å². The lowest BCUT2D eigenvalue weighted by Gasteiger charge is -2.07. The number of carbonyl (C=O) groups excluding carboxylic acids is 1. The Kier molecular flexibility index (Phi) is 4.05. The molecule has 1 amide bonds. The predicted octanol–water partition coefficient (Wildman–Crippen LogP) is 4.46. The van der Waals surface area contributed by atoms with E-state index in [0.29, 0.717) is 34.4 Å². The minimum Gasteiger partial charge on any atom is -0.456 e. The summed E-state index contributed by atoms with van der Waals surface area (Å²) in [4.78, 5) is 24.2. The Morgan fingerprint density at radius 3 is 2.73 bits per heavy atom. The lowest BCUT2D eigenvalue weighted by atomic mass is 10.1. The number of nitrogens with one attached hydrogen (secondary N) is 1. The molecule has 130 valence electrons. The summed E-state index contributed by atoms with van der Waals surface area (Å²) in [5.74, 6) is 0.640. The third-order valence-corrected chi connectivity index (χ3v) is 4.49. The lowest BCUT2D eigenvalue weighted by molar-refractivity contribution is 0.187. The third kappa shape index (κ3) is 2.88. The molecular weight excluding hydrogens is 330 g/mol. The van der Waals surface area contributed by atoms with Crippen molar-refractivity contribution in [1.82, 2.24) is 0 Å². The fraction of sp³-hybridized carbons (Fsp3) is 0.143.